The van der Waals surface area contributed by atoms with Crippen LogP contribution in [0.3, 0.4) is 0 Å². The molecule has 0 aromatic carbocycles. The second-order valence-corrected chi connectivity index (χ2v) is 4.19. The molecular weight excluding hydrogens is 261 g/mol. The third kappa shape index (κ3) is 4.76. The average molecular weight is 278 g/mol. The number of alkyl halides is 3. The Bertz CT molecular complexity index is 420. The minimum absolute atomic E-state index is 0.201. The Kier molecular flexibility index (Phi) is 4.73. The molecule has 19 heavy (non-hydrogen) atoms. The van der Waals surface area contributed by atoms with E-state index in [1.54, 1.807) is 26.0 Å². The van der Waals surface area contributed by atoms with E-state index in [0.717, 1.165) is 0 Å². The number of halogens is 3. The van der Waals surface area contributed by atoms with Gasteiger partial charge in [-0.05, 0) is 0 Å². The molecule has 0 aliphatic rings. The van der Waals surface area contributed by atoms with E-state index in [2.05, 4.69) is 20.3 Å². The zero-order chi connectivity index (χ0) is 14.6. The van der Waals surface area contributed by atoms with E-state index in [1.165, 1.54) is 11.9 Å². The molecule has 0 saturated heterocycles. The SMILES string of the molecule is CNc1nc(N(C)C)nc(N(C)CCC(F)(F)F)n1. The smallest absolute Gasteiger partial charge is 0.357 e. The van der Waals surface area contributed by atoms with Crippen LogP contribution in [0.25, 0.3) is 0 Å². The zero-order valence-electron chi connectivity index (χ0n) is 11.3. The number of rotatable bonds is 5. The van der Waals surface area contributed by atoms with Crippen molar-refractivity contribution in [3.05, 3.63) is 0 Å². The standard InChI is InChI=1S/C10H17F3N6/c1-14-7-15-8(18(2)3)17-9(16-7)19(4)6-5-10(11,12)13/h5-6H2,1-4H3,(H,14,15,16,17). The molecule has 0 bridgehead atoms. The molecule has 0 unspecified atom stereocenters. The molecule has 1 rings (SSSR count). The summed E-state index contributed by atoms with van der Waals surface area (Å²) in [5, 5.41) is 2.75. The second-order valence-electron chi connectivity index (χ2n) is 4.19. The molecule has 0 spiro atoms. The summed E-state index contributed by atoms with van der Waals surface area (Å²) < 4.78 is 36.6. The molecule has 6 nitrogen and oxygen atoms in total. The lowest BCUT2D eigenvalue weighted by Crippen LogP contribution is -2.27. The summed E-state index contributed by atoms with van der Waals surface area (Å²) in [7, 11) is 6.64. The molecule has 0 radical (unpaired) electrons. The fourth-order valence-corrected chi connectivity index (χ4v) is 1.23. The average Bonchev–Trinajstić information content (AvgIpc) is 2.34. The highest BCUT2D eigenvalue weighted by atomic mass is 19.4. The van der Waals surface area contributed by atoms with Gasteiger partial charge in [-0.15, -0.1) is 0 Å². The first-order valence-corrected chi connectivity index (χ1v) is 5.62. The number of anilines is 3. The van der Waals surface area contributed by atoms with Crippen LogP contribution in [0.1, 0.15) is 6.42 Å². The van der Waals surface area contributed by atoms with Gasteiger partial charge in [0.05, 0.1) is 6.42 Å². The lowest BCUT2D eigenvalue weighted by Gasteiger charge is -2.20. The van der Waals surface area contributed by atoms with E-state index in [0.29, 0.717) is 11.9 Å². The Hall–Kier alpha value is -1.80. The van der Waals surface area contributed by atoms with Crippen LogP contribution in [-0.2, 0) is 0 Å². The molecule has 0 aliphatic carbocycles. The highest BCUT2D eigenvalue weighted by Crippen LogP contribution is 2.21. The van der Waals surface area contributed by atoms with Gasteiger partial charge in [0.15, 0.2) is 0 Å². The zero-order valence-corrected chi connectivity index (χ0v) is 11.3. The van der Waals surface area contributed by atoms with Gasteiger partial charge in [-0.2, -0.15) is 28.1 Å². The largest absolute Gasteiger partial charge is 0.390 e. The fourth-order valence-electron chi connectivity index (χ4n) is 1.23. The molecule has 108 valence electrons. The van der Waals surface area contributed by atoms with Crippen molar-refractivity contribution in [2.24, 2.45) is 0 Å². The van der Waals surface area contributed by atoms with Crippen LogP contribution in [0.15, 0.2) is 0 Å². The number of hydrogen-bond acceptors (Lipinski definition) is 6. The van der Waals surface area contributed by atoms with Gasteiger partial charge in [-0.3, -0.25) is 0 Å². The summed E-state index contributed by atoms with van der Waals surface area (Å²) in [5.41, 5.74) is 0. The lowest BCUT2D eigenvalue weighted by atomic mass is 10.4. The van der Waals surface area contributed by atoms with Gasteiger partial charge >= 0.3 is 6.18 Å². The Morgan fingerprint density at radius 3 is 2.11 bits per heavy atom. The maximum Gasteiger partial charge on any atom is 0.390 e. The van der Waals surface area contributed by atoms with Crippen molar-refractivity contribution in [1.82, 2.24) is 15.0 Å². The van der Waals surface area contributed by atoms with Crippen LogP contribution in [-0.4, -0.2) is 55.9 Å². The van der Waals surface area contributed by atoms with Crippen molar-refractivity contribution in [3.8, 4) is 0 Å². The van der Waals surface area contributed by atoms with E-state index in [4.69, 9.17) is 0 Å². The van der Waals surface area contributed by atoms with Crippen LogP contribution in [0.5, 0.6) is 0 Å². The van der Waals surface area contributed by atoms with Gasteiger partial charge in [0.25, 0.3) is 0 Å². The van der Waals surface area contributed by atoms with Crippen molar-refractivity contribution >= 4 is 17.8 Å². The van der Waals surface area contributed by atoms with Gasteiger partial charge in [0, 0.05) is 34.7 Å². The molecule has 0 amide bonds. The molecule has 0 aliphatic heterocycles. The summed E-state index contributed by atoms with van der Waals surface area (Å²) in [6.07, 6.45) is -5.11. The van der Waals surface area contributed by atoms with Crippen molar-refractivity contribution in [2.45, 2.75) is 12.6 Å². The quantitative estimate of drug-likeness (QED) is 0.878. The molecule has 1 aromatic rings. The maximum absolute atomic E-state index is 12.2. The molecular formula is C10H17F3N6. The van der Waals surface area contributed by atoms with Gasteiger partial charge in [-0.25, -0.2) is 0 Å². The predicted octanol–water partition coefficient (Wildman–Crippen LogP) is 1.37. The minimum atomic E-state index is -4.20. The van der Waals surface area contributed by atoms with Gasteiger partial charge in [0.2, 0.25) is 17.8 Å². The third-order valence-corrected chi connectivity index (χ3v) is 2.31. The van der Waals surface area contributed by atoms with Crippen LogP contribution in [0.2, 0.25) is 0 Å². The van der Waals surface area contributed by atoms with Crippen LogP contribution < -0.4 is 15.1 Å². The molecule has 1 aromatic heterocycles. The monoisotopic (exact) mass is 278 g/mol. The molecule has 0 atom stereocenters. The van der Waals surface area contributed by atoms with E-state index in [1.807, 2.05) is 0 Å². The Morgan fingerprint density at radius 2 is 1.63 bits per heavy atom. The van der Waals surface area contributed by atoms with Gasteiger partial charge < -0.3 is 15.1 Å². The van der Waals surface area contributed by atoms with E-state index in [-0.39, 0.29) is 12.5 Å². The highest BCUT2D eigenvalue weighted by molar-refractivity contribution is 5.43. The van der Waals surface area contributed by atoms with Gasteiger partial charge in [-0.1, -0.05) is 0 Å². The third-order valence-electron chi connectivity index (χ3n) is 2.31. The first kappa shape index (κ1) is 15.3. The summed E-state index contributed by atoms with van der Waals surface area (Å²) in [6, 6.07) is 0. The van der Waals surface area contributed by atoms with Crippen LogP contribution in [0, 0.1) is 0 Å². The molecule has 1 heterocycles. The fraction of sp³-hybridized carbons (Fsp3) is 0.700. The highest BCUT2D eigenvalue weighted by Gasteiger charge is 2.27. The van der Waals surface area contributed by atoms with Crippen molar-refractivity contribution < 1.29 is 13.2 Å². The van der Waals surface area contributed by atoms with Crippen molar-refractivity contribution in [2.75, 3.05) is 49.9 Å². The summed E-state index contributed by atoms with van der Waals surface area (Å²) in [5.74, 6) is 0.896. The molecule has 9 heteroatoms. The van der Waals surface area contributed by atoms with Gasteiger partial charge in [0.1, 0.15) is 0 Å². The number of nitrogens with one attached hydrogen (secondary N) is 1. The normalized spacial score (nSPS) is 11.3. The summed E-state index contributed by atoms with van der Waals surface area (Å²) >= 11 is 0. The first-order chi connectivity index (χ1) is 8.73. The molecule has 1 N–H and O–H groups in total. The number of aromatic nitrogens is 3. The van der Waals surface area contributed by atoms with Crippen LogP contribution >= 0.6 is 0 Å². The first-order valence-electron chi connectivity index (χ1n) is 5.62. The Balaban J connectivity index is 2.89. The van der Waals surface area contributed by atoms with Crippen molar-refractivity contribution in [1.29, 1.82) is 0 Å². The summed E-state index contributed by atoms with van der Waals surface area (Å²) in [6.45, 7) is -0.205. The topological polar surface area (TPSA) is 57.2 Å². The van der Waals surface area contributed by atoms with E-state index >= 15 is 0 Å². The van der Waals surface area contributed by atoms with E-state index < -0.39 is 12.6 Å². The van der Waals surface area contributed by atoms with Crippen molar-refractivity contribution in [3.63, 3.8) is 0 Å². The molecule has 0 saturated carbocycles. The maximum atomic E-state index is 12.2. The summed E-state index contributed by atoms with van der Waals surface area (Å²) in [4.78, 5) is 15.2. The van der Waals surface area contributed by atoms with Crippen LogP contribution in [0.4, 0.5) is 31.0 Å². The van der Waals surface area contributed by atoms with E-state index in [9.17, 15) is 13.2 Å². The number of hydrogen-bond donors (Lipinski definition) is 1. The lowest BCUT2D eigenvalue weighted by molar-refractivity contribution is -0.132. The Morgan fingerprint density at radius 1 is 1.05 bits per heavy atom. The second kappa shape index (κ2) is 5.89. The predicted molar refractivity (Wildman–Crippen MR) is 67.6 cm³/mol. The molecule has 0 fully saturated rings. The number of nitrogens with zero attached hydrogens (tertiary/aromatic N) is 5. The minimum Gasteiger partial charge on any atom is -0.357 e. The Labute approximate surface area is 109 Å².